The first-order chi connectivity index (χ1) is 10.4. The monoisotopic (exact) mass is 311 g/mol. The first-order valence-electron chi connectivity index (χ1n) is 6.46. The lowest BCUT2D eigenvalue weighted by atomic mass is 10.4. The Bertz CT molecular complexity index is 776. The third kappa shape index (κ3) is 2.85. The van der Waals surface area contributed by atoms with Crippen molar-refractivity contribution < 1.29 is 13.2 Å². The minimum Gasteiger partial charge on any atom is -0.368 e. The molecule has 1 N–H and O–H groups in total. The van der Waals surface area contributed by atoms with Crippen LogP contribution in [0.15, 0.2) is 24.5 Å². The minimum absolute atomic E-state index is 0.0890. The Hall–Kier alpha value is -2.65. The van der Waals surface area contributed by atoms with Gasteiger partial charge >= 0.3 is 6.18 Å². The number of aryl methyl sites for hydroxylation is 1. The van der Waals surface area contributed by atoms with Crippen LogP contribution < -0.4 is 5.32 Å². The summed E-state index contributed by atoms with van der Waals surface area (Å²) in [6, 6.07) is 3.41. The third-order valence-corrected chi connectivity index (χ3v) is 2.90. The molecule has 7 nitrogen and oxygen atoms in total. The largest absolute Gasteiger partial charge is 0.453 e. The molecule has 0 radical (unpaired) electrons. The number of nitrogens with one attached hydrogen (secondary N) is 1. The molecule has 0 atom stereocenters. The zero-order valence-corrected chi connectivity index (χ0v) is 11.5. The number of hydrogen-bond acceptors (Lipinski definition) is 5. The van der Waals surface area contributed by atoms with Gasteiger partial charge in [-0.15, -0.1) is 5.10 Å². The van der Waals surface area contributed by atoms with E-state index >= 15 is 0 Å². The molecule has 116 valence electrons. The Morgan fingerprint density at radius 1 is 1.27 bits per heavy atom. The fourth-order valence-corrected chi connectivity index (χ4v) is 1.96. The molecule has 3 aromatic rings. The molecule has 3 heterocycles. The maximum absolute atomic E-state index is 12.7. The average Bonchev–Trinajstić information content (AvgIpc) is 3.06. The highest BCUT2D eigenvalue weighted by molar-refractivity contribution is 5.45. The van der Waals surface area contributed by atoms with Gasteiger partial charge < -0.3 is 5.32 Å². The highest BCUT2D eigenvalue weighted by Gasteiger charge is 2.36. The van der Waals surface area contributed by atoms with Crippen LogP contribution in [-0.2, 0) is 12.7 Å². The van der Waals surface area contributed by atoms with Crippen molar-refractivity contribution in [2.24, 2.45) is 0 Å². The Morgan fingerprint density at radius 3 is 2.77 bits per heavy atom. The summed E-state index contributed by atoms with van der Waals surface area (Å²) in [5.41, 5.74) is 0.551. The van der Waals surface area contributed by atoms with Gasteiger partial charge in [0.2, 0.25) is 0 Å². The zero-order valence-electron chi connectivity index (χ0n) is 11.5. The summed E-state index contributed by atoms with van der Waals surface area (Å²) in [4.78, 5) is 7.38. The Balaban J connectivity index is 1.86. The average molecular weight is 311 g/mol. The molecule has 3 rings (SSSR count). The molecular formula is C12H12F3N7. The molecule has 0 bridgehead atoms. The Labute approximate surface area is 122 Å². The molecule has 0 fully saturated rings. The van der Waals surface area contributed by atoms with Crippen LogP contribution in [0.1, 0.15) is 11.5 Å². The molecule has 0 aliphatic heterocycles. The number of hydrogen-bond donors (Lipinski definition) is 1. The summed E-state index contributed by atoms with van der Waals surface area (Å²) in [7, 11) is 0. The maximum atomic E-state index is 12.7. The van der Waals surface area contributed by atoms with Crippen molar-refractivity contribution in [3.05, 3.63) is 36.0 Å². The number of nitrogens with zero attached hydrogens (tertiary/aromatic N) is 6. The summed E-state index contributed by atoms with van der Waals surface area (Å²) in [5.74, 6) is -0.896. The molecule has 0 amide bonds. The van der Waals surface area contributed by atoms with Crippen molar-refractivity contribution in [3.63, 3.8) is 0 Å². The molecule has 0 spiro atoms. The van der Waals surface area contributed by atoms with Gasteiger partial charge in [-0.05, 0) is 13.0 Å². The second-order valence-electron chi connectivity index (χ2n) is 4.62. The van der Waals surface area contributed by atoms with Crippen molar-refractivity contribution >= 4 is 11.6 Å². The standard InChI is InChI=1S/C12H12F3N7/c1-8-7-9(16-4-6-21-5-2-3-17-21)22-11(18-8)19-10(20-22)12(13,14)15/h2-3,5,7,16H,4,6H2,1H3. The van der Waals surface area contributed by atoms with Crippen LogP contribution in [0, 0.1) is 6.92 Å². The highest BCUT2D eigenvalue weighted by atomic mass is 19.4. The normalized spacial score (nSPS) is 12.0. The second-order valence-corrected chi connectivity index (χ2v) is 4.62. The fourth-order valence-electron chi connectivity index (χ4n) is 1.96. The predicted octanol–water partition coefficient (Wildman–Crippen LogP) is 1.76. The Morgan fingerprint density at radius 2 is 2.09 bits per heavy atom. The molecule has 0 aromatic carbocycles. The smallest absolute Gasteiger partial charge is 0.368 e. The van der Waals surface area contributed by atoms with E-state index in [1.807, 2.05) is 0 Å². The van der Waals surface area contributed by atoms with Crippen LogP contribution in [0.25, 0.3) is 5.78 Å². The summed E-state index contributed by atoms with van der Waals surface area (Å²) >= 11 is 0. The second kappa shape index (κ2) is 5.28. The SMILES string of the molecule is Cc1cc(NCCn2cccn2)n2nc(C(F)(F)F)nc2n1. The van der Waals surface area contributed by atoms with Crippen LogP contribution in [0.5, 0.6) is 0 Å². The number of fused-ring (bicyclic) bond motifs is 1. The number of aromatic nitrogens is 6. The van der Waals surface area contributed by atoms with Gasteiger partial charge in [-0.1, -0.05) is 0 Å². The van der Waals surface area contributed by atoms with Crippen molar-refractivity contribution in [1.82, 2.24) is 29.4 Å². The summed E-state index contributed by atoms with van der Waals surface area (Å²) in [5, 5.41) is 10.5. The summed E-state index contributed by atoms with van der Waals surface area (Å²) in [6.07, 6.45) is -1.15. The van der Waals surface area contributed by atoms with Crippen LogP contribution in [-0.4, -0.2) is 35.9 Å². The molecule has 0 aliphatic rings. The van der Waals surface area contributed by atoms with E-state index in [1.165, 1.54) is 0 Å². The van der Waals surface area contributed by atoms with Crippen LogP contribution in [0.4, 0.5) is 19.0 Å². The quantitative estimate of drug-likeness (QED) is 0.795. The van der Waals surface area contributed by atoms with E-state index in [0.29, 0.717) is 24.6 Å². The molecule has 0 aliphatic carbocycles. The van der Waals surface area contributed by atoms with Crippen molar-refractivity contribution in [1.29, 1.82) is 0 Å². The van der Waals surface area contributed by atoms with Gasteiger partial charge in [-0.25, -0.2) is 4.98 Å². The van der Waals surface area contributed by atoms with Gasteiger partial charge in [0.1, 0.15) is 5.82 Å². The van der Waals surface area contributed by atoms with E-state index in [-0.39, 0.29) is 5.78 Å². The van der Waals surface area contributed by atoms with Gasteiger partial charge in [-0.3, -0.25) is 4.68 Å². The molecule has 10 heteroatoms. The van der Waals surface area contributed by atoms with E-state index < -0.39 is 12.0 Å². The van der Waals surface area contributed by atoms with E-state index in [0.717, 1.165) is 4.52 Å². The lowest BCUT2D eigenvalue weighted by molar-refractivity contribution is -0.144. The van der Waals surface area contributed by atoms with Gasteiger partial charge in [0, 0.05) is 30.7 Å². The number of rotatable bonds is 4. The number of halogens is 3. The lowest BCUT2D eigenvalue weighted by Crippen LogP contribution is -2.14. The van der Waals surface area contributed by atoms with E-state index in [4.69, 9.17) is 0 Å². The van der Waals surface area contributed by atoms with Crippen LogP contribution >= 0.6 is 0 Å². The van der Waals surface area contributed by atoms with Crippen molar-refractivity contribution in [3.8, 4) is 0 Å². The predicted molar refractivity (Wildman–Crippen MR) is 71.2 cm³/mol. The van der Waals surface area contributed by atoms with Crippen LogP contribution in [0.3, 0.4) is 0 Å². The molecule has 0 saturated carbocycles. The number of anilines is 1. The van der Waals surface area contributed by atoms with Crippen molar-refractivity contribution in [2.45, 2.75) is 19.6 Å². The first-order valence-corrected chi connectivity index (χ1v) is 6.46. The zero-order chi connectivity index (χ0) is 15.7. The third-order valence-electron chi connectivity index (χ3n) is 2.90. The van der Waals surface area contributed by atoms with E-state index in [9.17, 15) is 13.2 Å². The van der Waals surface area contributed by atoms with Gasteiger partial charge in [-0.2, -0.15) is 27.8 Å². The fraction of sp³-hybridized carbons (Fsp3) is 0.333. The van der Waals surface area contributed by atoms with Gasteiger partial charge in [0.25, 0.3) is 11.6 Å². The van der Waals surface area contributed by atoms with Crippen molar-refractivity contribution in [2.75, 3.05) is 11.9 Å². The summed E-state index contributed by atoms with van der Waals surface area (Å²) in [6.45, 7) is 2.72. The molecular weight excluding hydrogens is 299 g/mol. The molecule has 3 aromatic heterocycles. The topological polar surface area (TPSA) is 72.9 Å². The van der Waals surface area contributed by atoms with E-state index in [2.05, 4.69) is 25.5 Å². The Kier molecular flexibility index (Phi) is 3.43. The van der Waals surface area contributed by atoms with Gasteiger partial charge in [0.15, 0.2) is 0 Å². The minimum atomic E-state index is -4.60. The lowest BCUT2D eigenvalue weighted by Gasteiger charge is -2.08. The molecule has 0 unspecified atom stereocenters. The maximum Gasteiger partial charge on any atom is 0.453 e. The van der Waals surface area contributed by atoms with Crippen LogP contribution in [0.2, 0.25) is 0 Å². The molecule has 22 heavy (non-hydrogen) atoms. The van der Waals surface area contributed by atoms with Gasteiger partial charge in [0.05, 0.1) is 6.54 Å². The molecule has 0 saturated heterocycles. The first kappa shape index (κ1) is 14.3. The van der Waals surface area contributed by atoms with E-state index in [1.54, 1.807) is 36.1 Å². The summed E-state index contributed by atoms with van der Waals surface area (Å²) < 4.78 is 40.9. The number of alkyl halides is 3. The highest BCUT2D eigenvalue weighted by Crippen LogP contribution is 2.27.